The van der Waals surface area contributed by atoms with E-state index in [0.717, 1.165) is 6.54 Å². The quantitative estimate of drug-likeness (QED) is 0.737. The number of likely N-dealkylation sites (N-methyl/N-ethyl adjacent to an activating group) is 1. The second-order valence-electron chi connectivity index (χ2n) is 4.73. The topological polar surface area (TPSA) is 7.12 Å². The van der Waals surface area contributed by atoms with Crippen molar-refractivity contribution in [1.82, 2.24) is 4.90 Å². The highest BCUT2D eigenvalue weighted by Gasteiger charge is 2.09. The molecule has 1 aliphatic rings. The first-order valence-corrected chi connectivity index (χ1v) is 6.43. The van der Waals surface area contributed by atoms with Gasteiger partial charge in [0.2, 0.25) is 5.69 Å². The third-order valence-corrected chi connectivity index (χ3v) is 3.20. The molecule has 0 N–H and O–H groups in total. The average molecular weight is 241 g/mol. The molecule has 2 rings (SSSR count). The van der Waals surface area contributed by atoms with Gasteiger partial charge in [-0.05, 0) is 32.7 Å². The summed E-state index contributed by atoms with van der Waals surface area (Å²) in [5.41, 5.74) is 2.49. The number of allylic oxidation sites excluding steroid dienone is 3. The summed E-state index contributed by atoms with van der Waals surface area (Å²) in [4.78, 5) is 2.19. The Kier molecular flexibility index (Phi) is 4.11. The van der Waals surface area contributed by atoms with Crippen molar-refractivity contribution in [2.75, 3.05) is 14.1 Å². The van der Waals surface area contributed by atoms with Crippen LogP contribution >= 0.6 is 0 Å². The van der Waals surface area contributed by atoms with Crippen molar-refractivity contribution in [3.63, 3.8) is 0 Å². The van der Waals surface area contributed by atoms with Gasteiger partial charge in [-0.15, -0.1) is 0 Å². The van der Waals surface area contributed by atoms with Crippen LogP contribution in [0.3, 0.4) is 0 Å². The number of pyridine rings is 1. The van der Waals surface area contributed by atoms with Gasteiger partial charge in [-0.2, -0.15) is 4.57 Å². The Balaban J connectivity index is 2.21. The van der Waals surface area contributed by atoms with Crippen molar-refractivity contribution in [3.8, 4) is 0 Å². The maximum Gasteiger partial charge on any atom is 0.205 e. The molecular formula is C16H21N2+. The van der Waals surface area contributed by atoms with Crippen molar-refractivity contribution in [2.45, 2.75) is 19.5 Å². The van der Waals surface area contributed by atoms with Crippen molar-refractivity contribution in [1.29, 1.82) is 0 Å². The molecule has 1 aliphatic carbocycles. The Morgan fingerprint density at radius 3 is 2.56 bits per heavy atom. The first-order chi connectivity index (χ1) is 8.70. The van der Waals surface area contributed by atoms with Crippen LogP contribution in [-0.4, -0.2) is 25.0 Å². The fourth-order valence-corrected chi connectivity index (χ4v) is 2.06. The van der Waals surface area contributed by atoms with E-state index in [0.29, 0.717) is 6.04 Å². The maximum absolute atomic E-state index is 2.24. The number of hydrogen-bond acceptors (Lipinski definition) is 1. The van der Waals surface area contributed by atoms with Crippen LogP contribution in [0.15, 0.2) is 54.3 Å². The van der Waals surface area contributed by atoms with E-state index >= 15 is 0 Å². The molecule has 0 aliphatic heterocycles. The van der Waals surface area contributed by atoms with Crippen LogP contribution in [0.5, 0.6) is 0 Å². The van der Waals surface area contributed by atoms with Gasteiger partial charge in [0.1, 0.15) is 6.54 Å². The standard InChI is InChI=1S/C16H21N2/c1-4-18-12-6-5-7-16(18)13-14-8-10-15(11-9-14)17(2)3/h5-13,15H,4H2,1-3H3/q+1. The fourth-order valence-electron chi connectivity index (χ4n) is 2.06. The van der Waals surface area contributed by atoms with Crippen molar-refractivity contribution >= 4 is 6.08 Å². The van der Waals surface area contributed by atoms with Crippen LogP contribution in [0.25, 0.3) is 6.08 Å². The van der Waals surface area contributed by atoms with Gasteiger partial charge >= 0.3 is 0 Å². The van der Waals surface area contributed by atoms with E-state index in [1.807, 2.05) is 0 Å². The normalized spacial score (nSPS) is 18.4. The zero-order valence-electron chi connectivity index (χ0n) is 11.4. The van der Waals surface area contributed by atoms with E-state index < -0.39 is 0 Å². The molecule has 0 radical (unpaired) electrons. The van der Waals surface area contributed by atoms with Crippen LogP contribution in [0.1, 0.15) is 12.6 Å². The van der Waals surface area contributed by atoms with Gasteiger partial charge in [-0.3, -0.25) is 4.90 Å². The van der Waals surface area contributed by atoms with Gasteiger partial charge in [0.15, 0.2) is 6.20 Å². The molecule has 0 atom stereocenters. The molecule has 1 heterocycles. The number of aromatic nitrogens is 1. The Labute approximate surface area is 110 Å². The van der Waals surface area contributed by atoms with E-state index in [-0.39, 0.29) is 0 Å². The Hall–Kier alpha value is -1.67. The fraction of sp³-hybridized carbons (Fsp3) is 0.312. The minimum absolute atomic E-state index is 0.413. The summed E-state index contributed by atoms with van der Waals surface area (Å²) in [5.74, 6) is 0. The second-order valence-corrected chi connectivity index (χ2v) is 4.73. The minimum atomic E-state index is 0.413. The lowest BCUT2D eigenvalue weighted by Crippen LogP contribution is -2.35. The lowest BCUT2D eigenvalue weighted by molar-refractivity contribution is -0.695. The molecule has 0 unspecified atom stereocenters. The van der Waals surface area contributed by atoms with Gasteiger partial charge in [0, 0.05) is 24.3 Å². The van der Waals surface area contributed by atoms with E-state index in [1.54, 1.807) is 0 Å². The minimum Gasteiger partial charge on any atom is -0.300 e. The molecule has 2 heteroatoms. The molecule has 2 nitrogen and oxygen atoms in total. The Morgan fingerprint density at radius 2 is 1.94 bits per heavy atom. The van der Waals surface area contributed by atoms with Gasteiger partial charge in [0.05, 0.1) is 0 Å². The van der Waals surface area contributed by atoms with Gasteiger partial charge in [-0.1, -0.05) is 24.3 Å². The van der Waals surface area contributed by atoms with Crippen LogP contribution in [0.2, 0.25) is 0 Å². The van der Waals surface area contributed by atoms with Crippen LogP contribution in [-0.2, 0) is 6.54 Å². The summed E-state index contributed by atoms with van der Waals surface area (Å²) in [7, 11) is 4.19. The zero-order chi connectivity index (χ0) is 13.0. The molecule has 1 aromatic rings. The Bertz CT molecular complexity index is 480. The molecule has 0 bridgehead atoms. The number of nitrogens with zero attached hydrogens (tertiary/aromatic N) is 2. The van der Waals surface area contributed by atoms with Crippen LogP contribution in [0, 0.1) is 0 Å². The largest absolute Gasteiger partial charge is 0.300 e. The second kappa shape index (κ2) is 5.78. The van der Waals surface area contributed by atoms with Gasteiger partial charge < -0.3 is 0 Å². The van der Waals surface area contributed by atoms with E-state index in [4.69, 9.17) is 0 Å². The molecule has 18 heavy (non-hydrogen) atoms. The molecule has 0 saturated carbocycles. The summed E-state index contributed by atoms with van der Waals surface area (Å²) in [6.07, 6.45) is 13.2. The maximum atomic E-state index is 2.24. The summed E-state index contributed by atoms with van der Waals surface area (Å²) in [6, 6.07) is 6.71. The number of hydrogen-bond donors (Lipinski definition) is 0. The van der Waals surface area contributed by atoms with Crippen molar-refractivity contribution in [3.05, 3.63) is 60.0 Å². The van der Waals surface area contributed by atoms with Gasteiger partial charge in [-0.25, -0.2) is 0 Å². The monoisotopic (exact) mass is 241 g/mol. The highest BCUT2D eigenvalue weighted by atomic mass is 15.1. The molecule has 0 fully saturated rings. The molecule has 0 saturated heterocycles. The molecule has 94 valence electrons. The highest BCUT2D eigenvalue weighted by Crippen LogP contribution is 2.14. The lowest BCUT2D eigenvalue weighted by Gasteiger charge is -2.19. The third kappa shape index (κ3) is 2.96. The van der Waals surface area contributed by atoms with Gasteiger partial charge in [0.25, 0.3) is 0 Å². The smallest absolute Gasteiger partial charge is 0.205 e. The van der Waals surface area contributed by atoms with E-state index in [1.165, 1.54) is 11.3 Å². The lowest BCUT2D eigenvalue weighted by atomic mass is 10.0. The summed E-state index contributed by atoms with van der Waals surface area (Å²) in [6.45, 7) is 3.16. The molecule has 0 amide bonds. The van der Waals surface area contributed by atoms with E-state index in [2.05, 4.69) is 85.3 Å². The SMILES string of the molecule is CC[n+]1ccccc1C=C1C=CC(N(C)C)C=C1. The molecular weight excluding hydrogens is 220 g/mol. The average Bonchev–Trinajstić information content (AvgIpc) is 2.40. The number of aryl methyl sites for hydroxylation is 1. The number of rotatable bonds is 3. The molecule has 1 aromatic heterocycles. The van der Waals surface area contributed by atoms with Crippen molar-refractivity contribution < 1.29 is 4.57 Å². The van der Waals surface area contributed by atoms with Crippen LogP contribution in [0.4, 0.5) is 0 Å². The summed E-state index contributed by atoms with van der Waals surface area (Å²) >= 11 is 0. The zero-order valence-corrected chi connectivity index (χ0v) is 11.4. The van der Waals surface area contributed by atoms with Crippen LogP contribution < -0.4 is 4.57 Å². The first kappa shape index (κ1) is 12.8. The molecule has 0 spiro atoms. The van der Waals surface area contributed by atoms with Crippen molar-refractivity contribution in [2.24, 2.45) is 0 Å². The third-order valence-electron chi connectivity index (χ3n) is 3.20. The summed E-state index contributed by atoms with van der Waals surface area (Å²) in [5, 5.41) is 0. The molecule has 0 aromatic carbocycles. The predicted molar refractivity (Wildman–Crippen MR) is 76.0 cm³/mol. The predicted octanol–water partition coefficient (Wildman–Crippen LogP) is 2.43. The summed E-state index contributed by atoms with van der Waals surface area (Å²) < 4.78 is 2.24. The Morgan fingerprint density at radius 1 is 1.22 bits per heavy atom. The highest BCUT2D eigenvalue weighted by molar-refractivity contribution is 5.56. The van der Waals surface area contributed by atoms with E-state index in [9.17, 15) is 0 Å². The first-order valence-electron chi connectivity index (χ1n) is 6.43.